The molecule has 3 fully saturated rings. The van der Waals surface area contributed by atoms with Gasteiger partial charge in [-0.2, -0.15) is 0 Å². The Morgan fingerprint density at radius 1 is 0.846 bits per heavy atom. The number of carbonyl (C=O) groups excluding carboxylic acids is 1. The van der Waals surface area contributed by atoms with Crippen LogP contribution in [0.15, 0.2) is 0 Å². The van der Waals surface area contributed by atoms with Crippen molar-refractivity contribution in [1.29, 1.82) is 0 Å². The van der Waals surface area contributed by atoms with Crippen LogP contribution in [-0.2, 0) is 9.53 Å². The molecule has 3 heterocycles. The second-order valence-electron chi connectivity index (χ2n) is 8.73. The topological polar surface area (TPSA) is 36.0 Å². The summed E-state index contributed by atoms with van der Waals surface area (Å²) >= 11 is 0. The molecule has 26 heavy (non-hydrogen) atoms. The third-order valence-corrected chi connectivity index (χ3v) is 6.75. The number of carbonyl (C=O) groups is 1. The average Bonchev–Trinajstić information content (AvgIpc) is 2.67. The molecule has 0 N–H and O–H groups in total. The number of ether oxygens (including phenoxy) is 1. The summed E-state index contributed by atoms with van der Waals surface area (Å²) in [5, 5.41) is 0. The lowest BCUT2D eigenvalue weighted by atomic mass is 9.79. The van der Waals surface area contributed by atoms with E-state index in [0.29, 0.717) is 13.2 Å². The predicted octanol–water partition coefficient (Wildman–Crippen LogP) is 2.46. The first-order chi connectivity index (χ1) is 12.7. The van der Waals surface area contributed by atoms with Gasteiger partial charge in [0.2, 0.25) is 0 Å². The van der Waals surface area contributed by atoms with Gasteiger partial charge in [-0.15, -0.1) is 0 Å². The molecule has 0 bridgehead atoms. The van der Waals surface area contributed by atoms with Gasteiger partial charge in [0.1, 0.15) is 0 Å². The Balaban J connectivity index is 1.24. The second kappa shape index (κ2) is 10.6. The Morgan fingerprint density at radius 3 is 2.12 bits per heavy atom. The van der Waals surface area contributed by atoms with Crippen LogP contribution in [0.2, 0.25) is 0 Å². The monoisotopic (exact) mass is 365 g/mol. The Hall–Kier alpha value is -0.650. The van der Waals surface area contributed by atoms with E-state index in [-0.39, 0.29) is 5.97 Å². The van der Waals surface area contributed by atoms with E-state index in [9.17, 15) is 4.79 Å². The maximum atomic E-state index is 12.1. The van der Waals surface area contributed by atoms with E-state index < -0.39 is 0 Å². The van der Waals surface area contributed by atoms with E-state index in [1.54, 1.807) is 0 Å². The standard InChI is InChI=1S/C21H39N3O2/c1-22-13-6-19(7-14-22)20-8-15-24(16-9-20)18-21(25)26-17-5-12-23-10-3-2-4-11-23/h19-20H,2-18H2,1H3. The largest absolute Gasteiger partial charge is 0.465 e. The van der Waals surface area contributed by atoms with Crippen molar-refractivity contribution in [3.63, 3.8) is 0 Å². The molecular weight excluding hydrogens is 326 g/mol. The second-order valence-corrected chi connectivity index (χ2v) is 8.73. The molecule has 5 nitrogen and oxygen atoms in total. The van der Waals surface area contributed by atoms with Crippen molar-refractivity contribution in [3.05, 3.63) is 0 Å². The van der Waals surface area contributed by atoms with Crippen molar-refractivity contribution >= 4 is 5.97 Å². The van der Waals surface area contributed by atoms with E-state index in [1.165, 1.54) is 71.1 Å². The molecule has 150 valence electrons. The Labute approximate surface area is 160 Å². The highest BCUT2D eigenvalue weighted by Gasteiger charge is 2.29. The molecule has 0 atom stereocenters. The van der Waals surface area contributed by atoms with Crippen molar-refractivity contribution in [3.8, 4) is 0 Å². The Bertz CT molecular complexity index is 409. The van der Waals surface area contributed by atoms with Crippen molar-refractivity contribution in [1.82, 2.24) is 14.7 Å². The molecule has 3 aliphatic rings. The number of esters is 1. The quantitative estimate of drug-likeness (QED) is 0.512. The van der Waals surface area contributed by atoms with Crippen LogP contribution in [0.1, 0.15) is 51.4 Å². The number of nitrogens with zero attached hydrogens (tertiary/aromatic N) is 3. The molecule has 0 amide bonds. The zero-order valence-electron chi connectivity index (χ0n) is 16.8. The van der Waals surface area contributed by atoms with E-state index in [4.69, 9.17) is 4.74 Å². The first-order valence-corrected chi connectivity index (χ1v) is 11.0. The summed E-state index contributed by atoms with van der Waals surface area (Å²) in [5.74, 6) is 1.76. The molecule has 0 unspecified atom stereocenters. The summed E-state index contributed by atoms with van der Waals surface area (Å²) in [6, 6.07) is 0. The Kier molecular flexibility index (Phi) is 8.21. The van der Waals surface area contributed by atoms with Gasteiger partial charge in [-0.05, 0) is 103 Å². The molecule has 3 saturated heterocycles. The van der Waals surface area contributed by atoms with E-state index in [2.05, 4.69) is 21.7 Å². The lowest BCUT2D eigenvalue weighted by Gasteiger charge is -2.39. The molecule has 0 spiro atoms. The van der Waals surface area contributed by atoms with Crippen LogP contribution in [0.4, 0.5) is 0 Å². The first-order valence-electron chi connectivity index (χ1n) is 11.0. The molecule has 3 rings (SSSR count). The highest BCUT2D eigenvalue weighted by Crippen LogP contribution is 2.32. The summed E-state index contributed by atoms with van der Waals surface area (Å²) in [7, 11) is 2.23. The predicted molar refractivity (Wildman–Crippen MR) is 105 cm³/mol. The summed E-state index contributed by atoms with van der Waals surface area (Å²) in [4.78, 5) is 19.4. The van der Waals surface area contributed by atoms with Crippen LogP contribution in [0, 0.1) is 11.8 Å². The molecular formula is C21H39N3O2. The molecule has 0 radical (unpaired) electrons. The molecule has 5 heteroatoms. The number of hydrogen-bond acceptors (Lipinski definition) is 5. The fourth-order valence-electron chi connectivity index (χ4n) is 4.97. The van der Waals surface area contributed by atoms with Gasteiger partial charge >= 0.3 is 5.97 Å². The number of rotatable bonds is 7. The van der Waals surface area contributed by atoms with Gasteiger partial charge in [0.25, 0.3) is 0 Å². The third kappa shape index (κ3) is 6.50. The number of hydrogen-bond donors (Lipinski definition) is 0. The molecule has 0 aromatic carbocycles. The van der Waals surface area contributed by atoms with Crippen molar-refractivity contribution < 1.29 is 9.53 Å². The van der Waals surface area contributed by atoms with Crippen LogP contribution < -0.4 is 0 Å². The van der Waals surface area contributed by atoms with E-state index >= 15 is 0 Å². The molecule has 0 aliphatic carbocycles. The maximum Gasteiger partial charge on any atom is 0.320 e. The molecule has 3 aliphatic heterocycles. The zero-order valence-corrected chi connectivity index (χ0v) is 16.8. The van der Waals surface area contributed by atoms with Crippen LogP contribution >= 0.6 is 0 Å². The molecule has 0 aromatic rings. The lowest BCUT2D eigenvalue weighted by molar-refractivity contribution is -0.145. The van der Waals surface area contributed by atoms with Gasteiger partial charge in [0.05, 0.1) is 13.2 Å². The van der Waals surface area contributed by atoms with Crippen molar-refractivity contribution in [2.45, 2.75) is 51.4 Å². The highest BCUT2D eigenvalue weighted by molar-refractivity contribution is 5.71. The van der Waals surface area contributed by atoms with Crippen LogP contribution in [0.25, 0.3) is 0 Å². The van der Waals surface area contributed by atoms with Gasteiger partial charge in [-0.25, -0.2) is 0 Å². The molecule has 0 saturated carbocycles. The van der Waals surface area contributed by atoms with Crippen molar-refractivity contribution in [2.75, 3.05) is 66.0 Å². The number of likely N-dealkylation sites (tertiary alicyclic amines) is 3. The average molecular weight is 366 g/mol. The highest BCUT2D eigenvalue weighted by atomic mass is 16.5. The summed E-state index contributed by atoms with van der Waals surface area (Å²) in [5.41, 5.74) is 0. The number of piperidine rings is 3. The summed E-state index contributed by atoms with van der Waals surface area (Å²) in [6.45, 7) is 9.25. The minimum Gasteiger partial charge on any atom is -0.465 e. The van der Waals surface area contributed by atoms with Gasteiger partial charge in [-0.1, -0.05) is 6.42 Å². The lowest BCUT2D eigenvalue weighted by Crippen LogP contribution is -2.41. The van der Waals surface area contributed by atoms with Gasteiger partial charge in [0.15, 0.2) is 0 Å². The van der Waals surface area contributed by atoms with Crippen LogP contribution in [0.5, 0.6) is 0 Å². The third-order valence-electron chi connectivity index (χ3n) is 6.75. The van der Waals surface area contributed by atoms with Crippen LogP contribution in [-0.4, -0.2) is 86.7 Å². The smallest absolute Gasteiger partial charge is 0.320 e. The Morgan fingerprint density at radius 2 is 1.46 bits per heavy atom. The van der Waals surface area contributed by atoms with E-state index in [0.717, 1.165) is 37.9 Å². The zero-order chi connectivity index (χ0) is 18.2. The van der Waals surface area contributed by atoms with Crippen LogP contribution in [0.3, 0.4) is 0 Å². The summed E-state index contributed by atoms with van der Waals surface area (Å²) in [6.07, 6.45) is 10.2. The fourth-order valence-corrected chi connectivity index (χ4v) is 4.97. The van der Waals surface area contributed by atoms with Gasteiger partial charge < -0.3 is 14.5 Å². The minimum absolute atomic E-state index is 0.0265. The van der Waals surface area contributed by atoms with Gasteiger partial charge in [-0.3, -0.25) is 9.69 Å². The van der Waals surface area contributed by atoms with Crippen molar-refractivity contribution in [2.24, 2.45) is 11.8 Å². The van der Waals surface area contributed by atoms with Gasteiger partial charge in [0, 0.05) is 6.54 Å². The minimum atomic E-state index is -0.0265. The SMILES string of the molecule is CN1CCC(C2CCN(CC(=O)OCCCN3CCCCC3)CC2)CC1. The molecule has 0 aromatic heterocycles. The maximum absolute atomic E-state index is 12.1. The first kappa shape index (κ1) is 20.1. The van der Waals surface area contributed by atoms with E-state index in [1.807, 2.05) is 0 Å². The normalized spacial score (nSPS) is 25.4. The fraction of sp³-hybridized carbons (Fsp3) is 0.952. The summed E-state index contributed by atoms with van der Waals surface area (Å²) < 4.78 is 5.48.